The summed E-state index contributed by atoms with van der Waals surface area (Å²) in [5, 5.41) is 13.5. The van der Waals surface area contributed by atoms with E-state index < -0.39 is 0 Å². The number of carbonyl (C=O) groups is 1. The molecule has 0 fully saturated rings. The van der Waals surface area contributed by atoms with E-state index in [1.54, 1.807) is 0 Å². The molecule has 5 nitrogen and oxygen atoms in total. The third kappa shape index (κ3) is 7.82. The standard InChI is InChI=1S/C29H22NO2.C15H28O2.Ir/c1-29(2,3)23-15-20(14-18-8-4-5-9-21(18)23)24-16-19(12-13-30-24)26-17-27-28(32-26)22-10-6-7-11-25(22)31-27;1-7-14(5,8-2)12(16)11-13(17)15(6,9-3)10-4;/h4-13,15-17H,1-3H3;11,16H,7-10H2,1-6H3;/q-1;;/b;12-11-;. The largest absolute Gasteiger partial charge is 0.512 e. The van der Waals surface area contributed by atoms with Gasteiger partial charge in [0.05, 0.1) is 5.39 Å². The molecule has 0 atom stereocenters. The number of fused-ring (bicyclic) bond motifs is 4. The van der Waals surface area contributed by atoms with Gasteiger partial charge in [-0.15, -0.1) is 29.1 Å². The van der Waals surface area contributed by atoms with Crippen LogP contribution in [0.2, 0.25) is 0 Å². The third-order valence-electron chi connectivity index (χ3n) is 10.6. The Hall–Kier alpha value is -3.99. The molecule has 0 bridgehead atoms. The first kappa shape index (κ1) is 38.8. The molecule has 0 amide bonds. The van der Waals surface area contributed by atoms with Gasteiger partial charge in [-0.1, -0.05) is 110 Å². The summed E-state index contributed by atoms with van der Waals surface area (Å²) in [5.74, 6) is 1.05. The number of rotatable bonds is 9. The Morgan fingerprint density at radius 3 is 2.04 bits per heavy atom. The maximum atomic E-state index is 12.2. The van der Waals surface area contributed by atoms with Gasteiger partial charge >= 0.3 is 0 Å². The molecule has 1 radical (unpaired) electrons. The van der Waals surface area contributed by atoms with Gasteiger partial charge in [0.25, 0.3) is 0 Å². The molecule has 0 spiro atoms. The van der Waals surface area contributed by atoms with Crippen LogP contribution in [0.25, 0.3) is 55.5 Å². The smallest absolute Gasteiger partial charge is 0.181 e. The maximum absolute atomic E-state index is 12.2. The number of allylic oxidation sites excluding steroid dienone is 2. The number of benzene rings is 3. The molecule has 0 aliphatic carbocycles. The molecule has 0 unspecified atom stereocenters. The van der Waals surface area contributed by atoms with Crippen molar-refractivity contribution in [3.63, 3.8) is 0 Å². The first-order valence-corrected chi connectivity index (χ1v) is 17.6. The summed E-state index contributed by atoms with van der Waals surface area (Å²) in [7, 11) is 0. The number of nitrogens with zero attached hydrogens (tertiary/aromatic N) is 1. The quantitative estimate of drug-likeness (QED) is 0.0891. The van der Waals surface area contributed by atoms with Crippen molar-refractivity contribution in [3.8, 4) is 22.6 Å². The third-order valence-corrected chi connectivity index (χ3v) is 10.6. The van der Waals surface area contributed by atoms with Crippen molar-refractivity contribution >= 4 is 38.7 Å². The van der Waals surface area contributed by atoms with Crippen LogP contribution in [0.15, 0.2) is 99.7 Å². The maximum Gasteiger partial charge on any atom is 0.181 e. The molecule has 3 aromatic carbocycles. The molecular weight excluding hydrogens is 799 g/mol. The fourth-order valence-corrected chi connectivity index (χ4v) is 6.04. The zero-order valence-electron chi connectivity index (χ0n) is 30.9. The first-order valence-electron chi connectivity index (χ1n) is 17.6. The van der Waals surface area contributed by atoms with Gasteiger partial charge in [-0.3, -0.25) is 9.78 Å². The van der Waals surface area contributed by atoms with E-state index in [1.165, 1.54) is 17.0 Å². The van der Waals surface area contributed by atoms with E-state index in [1.807, 2.05) is 84.1 Å². The second-order valence-corrected chi connectivity index (χ2v) is 14.7. The average molecular weight is 849 g/mol. The van der Waals surface area contributed by atoms with Gasteiger partial charge in [0, 0.05) is 60.5 Å². The van der Waals surface area contributed by atoms with Crippen molar-refractivity contribution in [1.29, 1.82) is 0 Å². The minimum atomic E-state index is -0.337. The Kier molecular flexibility index (Phi) is 12.0. The van der Waals surface area contributed by atoms with E-state index in [0.717, 1.165) is 75.8 Å². The molecule has 6 rings (SSSR count). The van der Waals surface area contributed by atoms with E-state index >= 15 is 0 Å². The summed E-state index contributed by atoms with van der Waals surface area (Å²) in [5.41, 5.74) is 5.88. The van der Waals surface area contributed by atoms with Crippen LogP contribution in [0.4, 0.5) is 0 Å². The predicted octanol–water partition coefficient (Wildman–Crippen LogP) is 12.8. The predicted molar refractivity (Wildman–Crippen MR) is 203 cm³/mol. The van der Waals surface area contributed by atoms with Gasteiger partial charge in [0.15, 0.2) is 16.9 Å². The Bertz CT molecular complexity index is 2120. The van der Waals surface area contributed by atoms with Crippen LogP contribution in [0.5, 0.6) is 0 Å². The average Bonchev–Trinajstić information content (AvgIpc) is 3.69. The van der Waals surface area contributed by atoms with Crippen LogP contribution in [0.1, 0.15) is 93.6 Å². The van der Waals surface area contributed by atoms with Crippen molar-refractivity contribution in [1.82, 2.24) is 4.98 Å². The Labute approximate surface area is 310 Å². The van der Waals surface area contributed by atoms with Gasteiger partial charge in [-0.05, 0) is 49.3 Å². The summed E-state index contributed by atoms with van der Waals surface area (Å²) >= 11 is 0. The van der Waals surface area contributed by atoms with Crippen molar-refractivity contribution < 1.29 is 38.8 Å². The zero-order valence-corrected chi connectivity index (χ0v) is 33.3. The van der Waals surface area contributed by atoms with Crippen molar-refractivity contribution in [2.24, 2.45) is 10.8 Å². The number of para-hydroxylation sites is 1. The van der Waals surface area contributed by atoms with Gasteiger partial charge in [0.1, 0.15) is 17.1 Å². The number of pyridine rings is 1. The summed E-state index contributed by atoms with van der Waals surface area (Å²) in [4.78, 5) is 16.8. The van der Waals surface area contributed by atoms with E-state index in [9.17, 15) is 9.90 Å². The van der Waals surface area contributed by atoms with Crippen LogP contribution < -0.4 is 0 Å². The second kappa shape index (κ2) is 15.5. The number of furan rings is 2. The summed E-state index contributed by atoms with van der Waals surface area (Å²) in [6, 6.07) is 28.1. The molecular formula is C44H50IrNO4-. The number of aliphatic hydroxyl groups is 1. The topological polar surface area (TPSA) is 76.5 Å². The monoisotopic (exact) mass is 849 g/mol. The van der Waals surface area contributed by atoms with Gasteiger partial charge < -0.3 is 13.9 Å². The summed E-state index contributed by atoms with van der Waals surface area (Å²) in [6.07, 6.45) is 6.58. The van der Waals surface area contributed by atoms with E-state index in [0.29, 0.717) is 0 Å². The Morgan fingerprint density at radius 2 is 1.40 bits per heavy atom. The minimum Gasteiger partial charge on any atom is -0.512 e. The number of aromatic nitrogens is 1. The first-order chi connectivity index (χ1) is 23.3. The SMILES string of the molecule is CC(C)(C)c1cc(-c2cc(-c3cc4oc5ccccc5c4o3)ccn2)[c-]c2ccccc12.CCC(C)(CC)C(=O)/C=C(\O)C(C)(CC)CC.[Ir]. The van der Waals surface area contributed by atoms with Crippen molar-refractivity contribution in [2.75, 3.05) is 0 Å². The van der Waals surface area contributed by atoms with Crippen molar-refractivity contribution in [3.05, 3.63) is 102 Å². The molecule has 0 aliphatic rings. The summed E-state index contributed by atoms with van der Waals surface area (Å²) in [6.45, 7) is 18.8. The Balaban J connectivity index is 0.000000269. The number of hydrogen-bond donors (Lipinski definition) is 1. The Morgan fingerprint density at radius 1 is 0.780 bits per heavy atom. The second-order valence-electron chi connectivity index (χ2n) is 14.7. The fourth-order valence-electron chi connectivity index (χ4n) is 6.04. The fraction of sp³-hybridized carbons (Fsp3) is 0.364. The molecule has 1 N–H and O–H groups in total. The number of hydrogen-bond acceptors (Lipinski definition) is 5. The molecule has 6 heteroatoms. The number of aliphatic hydroxyl groups excluding tert-OH is 1. The molecule has 265 valence electrons. The zero-order chi connectivity index (χ0) is 35.6. The normalized spacial score (nSPS) is 12.5. The van der Waals surface area contributed by atoms with E-state index in [-0.39, 0.29) is 47.9 Å². The molecule has 0 aliphatic heterocycles. The molecule has 0 saturated carbocycles. The minimum absolute atomic E-state index is 0. The van der Waals surface area contributed by atoms with Crippen LogP contribution in [0, 0.1) is 16.9 Å². The summed E-state index contributed by atoms with van der Waals surface area (Å²) < 4.78 is 12.2. The van der Waals surface area contributed by atoms with Crippen LogP contribution in [-0.2, 0) is 30.3 Å². The van der Waals surface area contributed by atoms with Crippen LogP contribution >= 0.6 is 0 Å². The van der Waals surface area contributed by atoms with Gasteiger partial charge in [0.2, 0.25) is 0 Å². The van der Waals surface area contributed by atoms with Crippen LogP contribution in [0.3, 0.4) is 0 Å². The van der Waals surface area contributed by atoms with Gasteiger partial charge in [-0.2, -0.15) is 0 Å². The van der Waals surface area contributed by atoms with Crippen molar-refractivity contribution in [2.45, 2.75) is 93.4 Å². The van der Waals surface area contributed by atoms with E-state index in [4.69, 9.17) is 8.83 Å². The van der Waals surface area contributed by atoms with E-state index in [2.05, 4.69) is 68.2 Å². The number of carbonyl (C=O) groups excluding carboxylic acids is 1. The number of ketones is 1. The van der Waals surface area contributed by atoms with Gasteiger partial charge in [-0.25, -0.2) is 0 Å². The molecule has 3 aromatic heterocycles. The van der Waals surface area contributed by atoms with Crippen LogP contribution in [-0.4, -0.2) is 15.9 Å². The molecule has 0 saturated heterocycles. The molecule has 6 aromatic rings. The molecule has 50 heavy (non-hydrogen) atoms. The molecule has 3 heterocycles.